The van der Waals surface area contributed by atoms with E-state index in [-0.39, 0.29) is 17.2 Å². The number of hydrogen-bond donors (Lipinski definition) is 2. The molecule has 5 heteroatoms. The normalized spacial score (nSPS) is 14.9. The highest BCUT2D eigenvalue weighted by atomic mass is 35.5. The molecule has 1 amide bonds. The predicted octanol–water partition coefficient (Wildman–Crippen LogP) is 5.34. The summed E-state index contributed by atoms with van der Waals surface area (Å²) in [6, 6.07) is 12.0. The highest BCUT2D eigenvalue weighted by Crippen LogP contribution is 2.32. The molecule has 0 radical (unpaired) electrons. The molecule has 0 aliphatic heterocycles. The third-order valence-corrected chi connectivity index (χ3v) is 4.94. The van der Waals surface area contributed by atoms with Crippen molar-refractivity contribution in [3.8, 4) is 0 Å². The van der Waals surface area contributed by atoms with Gasteiger partial charge in [0.1, 0.15) is 0 Å². The number of hydrogen-bond acceptors (Lipinski definition) is 2. The van der Waals surface area contributed by atoms with Gasteiger partial charge in [-0.25, -0.2) is 4.79 Å². The van der Waals surface area contributed by atoms with Crippen molar-refractivity contribution < 1.29 is 14.7 Å². The summed E-state index contributed by atoms with van der Waals surface area (Å²) in [5, 5.41) is 12.2. The maximum Gasteiger partial charge on any atom is 0.337 e. The molecule has 1 fully saturated rings. The number of aromatic carboxylic acids is 1. The van der Waals surface area contributed by atoms with Gasteiger partial charge in [0.05, 0.1) is 11.3 Å². The quantitative estimate of drug-likeness (QED) is 0.776. The molecule has 0 heterocycles. The fourth-order valence-corrected chi connectivity index (χ4v) is 3.51. The van der Waals surface area contributed by atoms with Gasteiger partial charge in [0, 0.05) is 10.6 Å². The van der Waals surface area contributed by atoms with E-state index < -0.39 is 5.97 Å². The average Bonchev–Trinajstić information content (AvgIpc) is 2.64. The van der Waals surface area contributed by atoms with Crippen LogP contribution in [0.25, 0.3) is 0 Å². The van der Waals surface area contributed by atoms with E-state index in [1.807, 2.05) is 12.1 Å². The maximum absolute atomic E-state index is 12.4. The van der Waals surface area contributed by atoms with Crippen LogP contribution in [0.15, 0.2) is 42.5 Å². The molecule has 4 nitrogen and oxygen atoms in total. The molecule has 1 aliphatic carbocycles. The van der Waals surface area contributed by atoms with Crippen molar-refractivity contribution in [2.45, 2.75) is 38.0 Å². The van der Waals surface area contributed by atoms with Crippen molar-refractivity contribution in [2.24, 2.45) is 0 Å². The molecule has 3 rings (SSSR count). The minimum Gasteiger partial charge on any atom is -0.478 e. The van der Waals surface area contributed by atoms with Crippen LogP contribution in [-0.4, -0.2) is 17.0 Å². The summed E-state index contributed by atoms with van der Waals surface area (Å²) < 4.78 is 0. The summed E-state index contributed by atoms with van der Waals surface area (Å²) in [5.41, 5.74) is 1.98. The summed E-state index contributed by atoms with van der Waals surface area (Å²) in [7, 11) is 0. The SMILES string of the molecule is O=C(Nc1ccc(Cl)cc1C(=O)O)c1ccc(C2CCCCC2)cc1. The van der Waals surface area contributed by atoms with Crippen molar-refractivity contribution >= 4 is 29.2 Å². The zero-order valence-electron chi connectivity index (χ0n) is 13.8. The van der Waals surface area contributed by atoms with Crippen LogP contribution in [0.3, 0.4) is 0 Å². The van der Waals surface area contributed by atoms with Gasteiger partial charge in [-0.15, -0.1) is 0 Å². The largest absolute Gasteiger partial charge is 0.478 e. The number of rotatable bonds is 4. The second-order valence-electron chi connectivity index (χ2n) is 6.41. The topological polar surface area (TPSA) is 66.4 Å². The zero-order valence-corrected chi connectivity index (χ0v) is 14.6. The Morgan fingerprint density at radius 3 is 2.32 bits per heavy atom. The zero-order chi connectivity index (χ0) is 17.8. The van der Waals surface area contributed by atoms with E-state index >= 15 is 0 Å². The van der Waals surface area contributed by atoms with E-state index in [0.29, 0.717) is 16.5 Å². The van der Waals surface area contributed by atoms with E-state index in [9.17, 15) is 14.7 Å². The summed E-state index contributed by atoms with van der Waals surface area (Å²) >= 11 is 5.83. The van der Waals surface area contributed by atoms with Crippen molar-refractivity contribution in [3.63, 3.8) is 0 Å². The number of benzene rings is 2. The molecule has 25 heavy (non-hydrogen) atoms. The van der Waals surface area contributed by atoms with Gasteiger partial charge in [-0.3, -0.25) is 4.79 Å². The average molecular weight is 358 g/mol. The lowest BCUT2D eigenvalue weighted by atomic mass is 9.84. The van der Waals surface area contributed by atoms with Crippen LogP contribution in [0.4, 0.5) is 5.69 Å². The Bertz CT molecular complexity index is 780. The second kappa shape index (κ2) is 7.70. The monoisotopic (exact) mass is 357 g/mol. The van der Waals surface area contributed by atoms with Crippen molar-refractivity contribution in [3.05, 3.63) is 64.2 Å². The third-order valence-electron chi connectivity index (χ3n) is 4.71. The number of anilines is 1. The van der Waals surface area contributed by atoms with E-state index in [1.165, 1.54) is 49.8 Å². The number of nitrogens with one attached hydrogen (secondary N) is 1. The van der Waals surface area contributed by atoms with Crippen molar-refractivity contribution in [1.29, 1.82) is 0 Å². The number of halogens is 1. The Morgan fingerprint density at radius 2 is 1.68 bits per heavy atom. The first-order valence-electron chi connectivity index (χ1n) is 8.49. The maximum atomic E-state index is 12.4. The lowest BCUT2D eigenvalue weighted by Crippen LogP contribution is -2.15. The molecule has 0 atom stereocenters. The molecule has 1 aliphatic rings. The number of carbonyl (C=O) groups excluding carboxylic acids is 1. The minimum absolute atomic E-state index is 0.0281. The van der Waals surface area contributed by atoms with Crippen LogP contribution < -0.4 is 5.32 Å². The van der Waals surface area contributed by atoms with Gasteiger partial charge in [0.15, 0.2) is 0 Å². The molecular formula is C20H20ClNO3. The third kappa shape index (κ3) is 4.20. The van der Waals surface area contributed by atoms with E-state index in [1.54, 1.807) is 18.2 Å². The number of carboxylic acid groups (broad SMARTS) is 1. The molecule has 0 spiro atoms. The van der Waals surface area contributed by atoms with Crippen molar-refractivity contribution in [1.82, 2.24) is 0 Å². The fourth-order valence-electron chi connectivity index (χ4n) is 3.34. The summed E-state index contributed by atoms with van der Waals surface area (Å²) in [4.78, 5) is 23.7. The summed E-state index contributed by atoms with van der Waals surface area (Å²) in [6.45, 7) is 0. The van der Waals surface area contributed by atoms with Crippen molar-refractivity contribution in [2.75, 3.05) is 5.32 Å². The smallest absolute Gasteiger partial charge is 0.337 e. The van der Waals surface area contributed by atoms with Crippen LogP contribution in [0.2, 0.25) is 5.02 Å². The Kier molecular flexibility index (Phi) is 5.39. The Morgan fingerprint density at radius 1 is 1.00 bits per heavy atom. The standard InChI is InChI=1S/C20H20ClNO3/c21-16-10-11-18(17(12-16)20(24)25)22-19(23)15-8-6-14(7-9-15)13-4-2-1-3-5-13/h6-13H,1-5H2,(H,22,23)(H,24,25). The molecule has 1 saturated carbocycles. The van der Waals surface area contributed by atoms with E-state index in [2.05, 4.69) is 5.32 Å². The van der Waals surface area contributed by atoms with Gasteiger partial charge in [-0.2, -0.15) is 0 Å². The van der Waals surface area contributed by atoms with E-state index in [4.69, 9.17) is 11.6 Å². The Hall–Kier alpha value is -2.33. The van der Waals surface area contributed by atoms with Gasteiger partial charge in [-0.05, 0) is 54.7 Å². The van der Waals surface area contributed by atoms with Gasteiger partial charge in [-0.1, -0.05) is 43.0 Å². The minimum atomic E-state index is -1.13. The van der Waals surface area contributed by atoms with E-state index in [0.717, 1.165) is 0 Å². The molecule has 2 aromatic carbocycles. The van der Waals surface area contributed by atoms with Crippen LogP contribution in [0, 0.1) is 0 Å². The number of amides is 1. The van der Waals surface area contributed by atoms with Gasteiger partial charge >= 0.3 is 5.97 Å². The molecule has 0 unspecified atom stereocenters. The Labute approximate surface area is 151 Å². The van der Waals surface area contributed by atoms with Crippen LogP contribution in [0.5, 0.6) is 0 Å². The molecule has 0 aromatic heterocycles. The molecule has 2 aromatic rings. The highest BCUT2D eigenvalue weighted by molar-refractivity contribution is 6.31. The number of carbonyl (C=O) groups is 2. The molecule has 2 N–H and O–H groups in total. The molecule has 0 bridgehead atoms. The molecule has 130 valence electrons. The molecule has 0 saturated heterocycles. The lowest BCUT2D eigenvalue weighted by molar-refractivity contribution is 0.0698. The first-order chi connectivity index (χ1) is 12.0. The molecular weight excluding hydrogens is 338 g/mol. The van der Waals surface area contributed by atoms with Crippen LogP contribution in [0.1, 0.15) is 64.3 Å². The first kappa shape index (κ1) is 17.5. The predicted molar refractivity (Wildman–Crippen MR) is 98.6 cm³/mol. The number of carboxylic acids is 1. The van der Waals surface area contributed by atoms with Gasteiger partial charge in [0.25, 0.3) is 5.91 Å². The lowest BCUT2D eigenvalue weighted by Gasteiger charge is -2.22. The highest BCUT2D eigenvalue weighted by Gasteiger charge is 2.17. The second-order valence-corrected chi connectivity index (χ2v) is 6.84. The van der Waals surface area contributed by atoms with Crippen LogP contribution >= 0.6 is 11.6 Å². The summed E-state index contributed by atoms with van der Waals surface area (Å²) in [6.07, 6.45) is 6.25. The van der Waals surface area contributed by atoms with Gasteiger partial charge < -0.3 is 10.4 Å². The summed E-state index contributed by atoms with van der Waals surface area (Å²) in [5.74, 6) is -0.883. The van der Waals surface area contributed by atoms with Gasteiger partial charge in [0.2, 0.25) is 0 Å². The Balaban J connectivity index is 1.74. The fraction of sp³-hybridized carbons (Fsp3) is 0.300. The van der Waals surface area contributed by atoms with Crippen LogP contribution in [-0.2, 0) is 0 Å². The first-order valence-corrected chi connectivity index (χ1v) is 8.86.